The first kappa shape index (κ1) is 11.8. The fraction of sp³-hybridized carbons (Fsp3) is 0.571. The number of fused-ring (bicyclic) bond motifs is 3. The Hall–Kier alpha value is -1.32. The third-order valence-electron chi connectivity index (χ3n) is 4.08. The van der Waals surface area contributed by atoms with Crippen LogP contribution >= 0.6 is 0 Å². The van der Waals surface area contributed by atoms with Crippen molar-refractivity contribution in [1.29, 1.82) is 0 Å². The summed E-state index contributed by atoms with van der Waals surface area (Å²) < 4.78 is 32.8. The summed E-state index contributed by atoms with van der Waals surface area (Å²) in [4.78, 5) is 0. The summed E-state index contributed by atoms with van der Waals surface area (Å²) >= 11 is 0. The molecule has 1 N–H and O–H groups in total. The molecular formula is C14H16F2O2. The summed E-state index contributed by atoms with van der Waals surface area (Å²) in [6.07, 6.45) is -0.206. The van der Waals surface area contributed by atoms with Gasteiger partial charge in [0.15, 0.2) is 0 Å². The topological polar surface area (TPSA) is 29.5 Å². The third kappa shape index (κ3) is 1.66. The lowest BCUT2D eigenvalue weighted by Gasteiger charge is -2.41. The number of phenols is 1. The summed E-state index contributed by atoms with van der Waals surface area (Å²) in [5.74, 6) is -0.830. The summed E-state index contributed by atoms with van der Waals surface area (Å²) in [6.45, 7) is 1.76. The van der Waals surface area contributed by atoms with Gasteiger partial charge in [-0.3, -0.25) is 0 Å². The Kier molecular flexibility index (Phi) is 2.50. The minimum Gasteiger partial charge on any atom is -0.508 e. The summed E-state index contributed by atoms with van der Waals surface area (Å²) in [5.41, 5.74) is 1.31. The standard InChI is InChI=1S/C14H16F2O2/c1-8-6-11(17)13-9-4-2-3-5-10(9)14(15,16)18-12(13)7-8/h6-7,9-10,17H,2-5H2,1H3/t9?,10-/m1/s1. The quantitative estimate of drug-likeness (QED) is 0.759. The molecule has 1 aliphatic heterocycles. The average molecular weight is 254 g/mol. The van der Waals surface area contributed by atoms with E-state index < -0.39 is 12.0 Å². The fourth-order valence-electron chi connectivity index (χ4n) is 3.30. The Bertz CT molecular complexity index is 485. The van der Waals surface area contributed by atoms with Gasteiger partial charge in [-0.2, -0.15) is 8.78 Å². The van der Waals surface area contributed by atoms with Crippen molar-refractivity contribution in [2.24, 2.45) is 5.92 Å². The molecule has 0 spiro atoms. The molecule has 98 valence electrons. The number of aryl methyl sites for hydroxylation is 1. The van der Waals surface area contributed by atoms with Gasteiger partial charge in [0.05, 0.1) is 5.92 Å². The molecule has 0 saturated heterocycles. The van der Waals surface area contributed by atoms with Crippen LogP contribution in [0.1, 0.15) is 42.7 Å². The van der Waals surface area contributed by atoms with E-state index in [-0.39, 0.29) is 17.4 Å². The molecule has 1 fully saturated rings. The molecule has 0 radical (unpaired) electrons. The summed E-state index contributed by atoms with van der Waals surface area (Å²) in [7, 11) is 0. The van der Waals surface area contributed by atoms with Gasteiger partial charge in [-0.15, -0.1) is 0 Å². The Morgan fingerprint density at radius 2 is 2.00 bits per heavy atom. The molecule has 2 aliphatic rings. The maximum absolute atomic E-state index is 14.0. The molecule has 1 aromatic rings. The number of benzene rings is 1. The smallest absolute Gasteiger partial charge is 0.401 e. The largest absolute Gasteiger partial charge is 0.508 e. The van der Waals surface area contributed by atoms with E-state index in [0.29, 0.717) is 18.4 Å². The van der Waals surface area contributed by atoms with Gasteiger partial charge < -0.3 is 9.84 Å². The van der Waals surface area contributed by atoms with E-state index in [1.807, 2.05) is 0 Å². The van der Waals surface area contributed by atoms with Crippen molar-refractivity contribution in [2.75, 3.05) is 0 Å². The Morgan fingerprint density at radius 1 is 1.28 bits per heavy atom. The highest BCUT2D eigenvalue weighted by atomic mass is 19.3. The lowest BCUT2D eigenvalue weighted by Crippen LogP contribution is -2.43. The minimum atomic E-state index is -3.11. The lowest BCUT2D eigenvalue weighted by atomic mass is 9.72. The van der Waals surface area contributed by atoms with Gasteiger partial charge in [0.1, 0.15) is 11.5 Å². The molecule has 1 unspecified atom stereocenters. The van der Waals surface area contributed by atoms with Crippen molar-refractivity contribution < 1.29 is 18.6 Å². The summed E-state index contributed by atoms with van der Waals surface area (Å²) in [5, 5.41) is 10.0. The first-order valence-electron chi connectivity index (χ1n) is 6.39. The van der Waals surface area contributed by atoms with Crippen LogP contribution in [0.4, 0.5) is 8.78 Å². The second kappa shape index (κ2) is 3.84. The molecular weight excluding hydrogens is 238 g/mol. The average Bonchev–Trinajstić information content (AvgIpc) is 2.27. The number of hydrogen-bond acceptors (Lipinski definition) is 2. The van der Waals surface area contributed by atoms with E-state index in [1.165, 1.54) is 0 Å². The molecule has 18 heavy (non-hydrogen) atoms. The van der Waals surface area contributed by atoms with Crippen molar-refractivity contribution in [1.82, 2.24) is 0 Å². The van der Waals surface area contributed by atoms with Crippen LogP contribution in [0.15, 0.2) is 12.1 Å². The maximum Gasteiger partial charge on any atom is 0.401 e. The predicted octanol–water partition coefficient (Wildman–Crippen LogP) is 3.96. The van der Waals surface area contributed by atoms with Crippen LogP contribution in [-0.2, 0) is 0 Å². The zero-order valence-corrected chi connectivity index (χ0v) is 10.2. The lowest BCUT2D eigenvalue weighted by molar-refractivity contribution is -0.235. The highest BCUT2D eigenvalue weighted by Gasteiger charge is 2.52. The molecule has 1 heterocycles. The monoisotopic (exact) mass is 254 g/mol. The van der Waals surface area contributed by atoms with Crippen LogP contribution in [-0.4, -0.2) is 11.2 Å². The molecule has 1 aromatic carbocycles. The number of phenolic OH excluding ortho intramolecular Hbond substituents is 1. The highest BCUT2D eigenvalue weighted by molar-refractivity contribution is 5.51. The van der Waals surface area contributed by atoms with E-state index >= 15 is 0 Å². The van der Waals surface area contributed by atoms with Crippen molar-refractivity contribution in [3.63, 3.8) is 0 Å². The van der Waals surface area contributed by atoms with Gasteiger partial charge in [0.2, 0.25) is 0 Å². The predicted molar refractivity (Wildman–Crippen MR) is 63.1 cm³/mol. The van der Waals surface area contributed by atoms with E-state index in [4.69, 9.17) is 4.74 Å². The Morgan fingerprint density at radius 3 is 2.78 bits per heavy atom. The van der Waals surface area contributed by atoms with Crippen molar-refractivity contribution in [3.8, 4) is 11.5 Å². The molecule has 0 bridgehead atoms. The fourth-order valence-corrected chi connectivity index (χ4v) is 3.30. The van der Waals surface area contributed by atoms with E-state index in [0.717, 1.165) is 18.4 Å². The van der Waals surface area contributed by atoms with E-state index in [1.54, 1.807) is 19.1 Å². The maximum atomic E-state index is 14.0. The van der Waals surface area contributed by atoms with Crippen LogP contribution in [0.5, 0.6) is 11.5 Å². The van der Waals surface area contributed by atoms with Crippen LogP contribution in [0.25, 0.3) is 0 Å². The zero-order chi connectivity index (χ0) is 12.9. The number of halogens is 2. The Balaban J connectivity index is 2.14. The molecule has 4 heteroatoms. The summed E-state index contributed by atoms with van der Waals surface area (Å²) in [6, 6.07) is 3.21. The van der Waals surface area contributed by atoms with Crippen molar-refractivity contribution >= 4 is 0 Å². The van der Waals surface area contributed by atoms with Gasteiger partial charge in [0, 0.05) is 11.5 Å². The highest BCUT2D eigenvalue weighted by Crippen LogP contribution is 2.55. The molecule has 1 aliphatic carbocycles. The number of ether oxygens (including phenoxy) is 1. The van der Waals surface area contributed by atoms with E-state index in [9.17, 15) is 13.9 Å². The first-order valence-corrected chi connectivity index (χ1v) is 6.39. The number of hydrogen-bond donors (Lipinski definition) is 1. The third-order valence-corrected chi connectivity index (χ3v) is 4.08. The molecule has 2 atom stereocenters. The molecule has 2 nitrogen and oxygen atoms in total. The second-order valence-corrected chi connectivity index (χ2v) is 5.36. The van der Waals surface area contributed by atoms with E-state index in [2.05, 4.69) is 0 Å². The van der Waals surface area contributed by atoms with Crippen molar-refractivity contribution in [3.05, 3.63) is 23.3 Å². The molecule has 1 saturated carbocycles. The molecule has 3 rings (SSSR count). The van der Waals surface area contributed by atoms with Gasteiger partial charge in [0.25, 0.3) is 0 Å². The number of rotatable bonds is 0. The number of alkyl halides is 2. The Labute approximate surface area is 105 Å². The van der Waals surface area contributed by atoms with Gasteiger partial charge >= 0.3 is 6.11 Å². The van der Waals surface area contributed by atoms with Gasteiger partial charge in [-0.25, -0.2) is 0 Å². The minimum absolute atomic E-state index is 0.0948. The first-order chi connectivity index (χ1) is 8.49. The van der Waals surface area contributed by atoms with Crippen LogP contribution in [0, 0.1) is 12.8 Å². The SMILES string of the molecule is Cc1cc(O)c2c(c1)OC(F)(F)[C@@H]1CCCCC21. The second-order valence-electron chi connectivity index (χ2n) is 5.36. The van der Waals surface area contributed by atoms with Crippen LogP contribution in [0.3, 0.4) is 0 Å². The van der Waals surface area contributed by atoms with Crippen LogP contribution < -0.4 is 4.74 Å². The normalized spacial score (nSPS) is 29.1. The van der Waals surface area contributed by atoms with Gasteiger partial charge in [-0.05, 0) is 37.5 Å². The van der Waals surface area contributed by atoms with Crippen LogP contribution in [0.2, 0.25) is 0 Å². The van der Waals surface area contributed by atoms with Gasteiger partial charge in [-0.1, -0.05) is 12.8 Å². The number of aromatic hydroxyl groups is 1. The van der Waals surface area contributed by atoms with Crippen molar-refractivity contribution in [2.45, 2.75) is 44.6 Å². The molecule has 0 aromatic heterocycles. The molecule has 0 amide bonds. The zero-order valence-electron chi connectivity index (χ0n) is 10.2.